The van der Waals surface area contributed by atoms with E-state index in [1.807, 2.05) is 19.2 Å². The standard InChI is InChI=1S/C15H25NO3/c1-7-10(2)15(16-3)14-12(18-5)8-11(17-4)9-13(14)19-6/h8-10,15-16H,7H2,1-6H3. The van der Waals surface area contributed by atoms with Gasteiger partial charge in [-0.3, -0.25) is 0 Å². The van der Waals surface area contributed by atoms with Gasteiger partial charge in [-0.2, -0.15) is 0 Å². The van der Waals surface area contributed by atoms with Crippen molar-refractivity contribution in [2.45, 2.75) is 26.3 Å². The van der Waals surface area contributed by atoms with Gasteiger partial charge in [0, 0.05) is 18.2 Å². The summed E-state index contributed by atoms with van der Waals surface area (Å²) in [4.78, 5) is 0. The highest BCUT2D eigenvalue weighted by molar-refractivity contribution is 5.52. The maximum absolute atomic E-state index is 5.51. The van der Waals surface area contributed by atoms with Gasteiger partial charge in [-0.15, -0.1) is 0 Å². The average Bonchev–Trinajstić information content (AvgIpc) is 2.47. The van der Waals surface area contributed by atoms with E-state index < -0.39 is 0 Å². The molecule has 4 nitrogen and oxygen atoms in total. The third kappa shape index (κ3) is 3.32. The van der Waals surface area contributed by atoms with E-state index in [0.717, 1.165) is 29.2 Å². The Labute approximate surface area is 116 Å². The first-order valence-electron chi connectivity index (χ1n) is 6.60. The number of methoxy groups -OCH3 is 3. The molecule has 1 rings (SSSR count). The Morgan fingerprint density at radius 1 is 1.05 bits per heavy atom. The molecule has 0 saturated carbocycles. The Kier molecular flexibility index (Phi) is 5.96. The van der Waals surface area contributed by atoms with Gasteiger partial charge in [0.15, 0.2) is 0 Å². The van der Waals surface area contributed by atoms with E-state index in [2.05, 4.69) is 19.2 Å². The fraction of sp³-hybridized carbons (Fsp3) is 0.600. The van der Waals surface area contributed by atoms with Crippen molar-refractivity contribution in [2.24, 2.45) is 5.92 Å². The number of ether oxygens (including phenoxy) is 3. The van der Waals surface area contributed by atoms with Crippen molar-refractivity contribution >= 4 is 0 Å². The van der Waals surface area contributed by atoms with Crippen molar-refractivity contribution in [2.75, 3.05) is 28.4 Å². The lowest BCUT2D eigenvalue weighted by atomic mass is 9.91. The molecular weight excluding hydrogens is 242 g/mol. The van der Waals surface area contributed by atoms with Crippen LogP contribution in [0.3, 0.4) is 0 Å². The summed E-state index contributed by atoms with van der Waals surface area (Å²) in [6, 6.07) is 3.97. The van der Waals surface area contributed by atoms with Gasteiger partial charge in [0.2, 0.25) is 0 Å². The van der Waals surface area contributed by atoms with Crippen molar-refractivity contribution < 1.29 is 14.2 Å². The summed E-state index contributed by atoms with van der Waals surface area (Å²) < 4.78 is 16.3. The number of nitrogens with one attached hydrogen (secondary N) is 1. The van der Waals surface area contributed by atoms with Gasteiger partial charge < -0.3 is 19.5 Å². The zero-order chi connectivity index (χ0) is 14.4. The van der Waals surface area contributed by atoms with Gasteiger partial charge in [0.1, 0.15) is 17.2 Å². The zero-order valence-corrected chi connectivity index (χ0v) is 12.7. The molecule has 0 aliphatic heterocycles. The van der Waals surface area contributed by atoms with Crippen LogP contribution in [0.15, 0.2) is 12.1 Å². The Bertz CT molecular complexity index is 381. The molecule has 2 unspecified atom stereocenters. The van der Waals surface area contributed by atoms with Crippen molar-refractivity contribution in [1.29, 1.82) is 0 Å². The number of hydrogen-bond acceptors (Lipinski definition) is 4. The molecule has 2 atom stereocenters. The lowest BCUT2D eigenvalue weighted by molar-refractivity contribution is 0.334. The fourth-order valence-electron chi connectivity index (χ4n) is 2.29. The molecule has 0 bridgehead atoms. The van der Waals surface area contributed by atoms with E-state index in [1.165, 1.54) is 0 Å². The molecule has 0 saturated heterocycles. The quantitative estimate of drug-likeness (QED) is 0.824. The predicted molar refractivity (Wildman–Crippen MR) is 77.4 cm³/mol. The van der Waals surface area contributed by atoms with E-state index in [9.17, 15) is 0 Å². The van der Waals surface area contributed by atoms with E-state index in [-0.39, 0.29) is 6.04 Å². The van der Waals surface area contributed by atoms with Gasteiger partial charge >= 0.3 is 0 Å². The summed E-state index contributed by atoms with van der Waals surface area (Å²) in [5.74, 6) is 2.78. The van der Waals surface area contributed by atoms with Crippen LogP contribution in [0.1, 0.15) is 31.9 Å². The second-order valence-corrected chi connectivity index (χ2v) is 4.60. The minimum atomic E-state index is 0.181. The van der Waals surface area contributed by atoms with Crippen LogP contribution in [0.2, 0.25) is 0 Å². The molecule has 19 heavy (non-hydrogen) atoms. The van der Waals surface area contributed by atoms with Crippen LogP contribution >= 0.6 is 0 Å². The Morgan fingerprint density at radius 2 is 1.58 bits per heavy atom. The van der Waals surface area contributed by atoms with Gasteiger partial charge in [0.05, 0.1) is 26.9 Å². The van der Waals surface area contributed by atoms with Crippen LogP contribution in [0.5, 0.6) is 17.2 Å². The van der Waals surface area contributed by atoms with Crippen molar-refractivity contribution in [3.05, 3.63) is 17.7 Å². The molecule has 0 fully saturated rings. The lowest BCUT2D eigenvalue weighted by Gasteiger charge is -2.26. The zero-order valence-electron chi connectivity index (χ0n) is 12.7. The first kappa shape index (κ1) is 15.6. The van der Waals surface area contributed by atoms with E-state index in [0.29, 0.717) is 5.92 Å². The molecule has 0 radical (unpaired) electrons. The predicted octanol–water partition coefficient (Wildman–Crippen LogP) is 3.02. The summed E-state index contributed by atoms with van der Waals surface area (Å²) in [7, 11) is 6.93. The molecule has 0 heterocycles. The number of benzene rings is 1. The van der Waals surface area contributed by atoms with Crippen molar-refractivity contribution in [3.8, 4) is 17.2 Å². The van der Waals surface area contributed by atoms with Gasteiger partial charge in [0.25, 0.3) is 0 Å². The maximum atomic E-state index is 5.51. The molecule has 1 aromatic rings. The summed E-state index contributed by atoms with van der Waals surface area (Å²) in [5.41, 5.74) is 1.04. The fourth-order valence-corrected chi connectivity index (χ4v) is 2.29. The highest BCUT2D eigenvalue weighted by Gasteiger charge is 2.25. The second kappa shape index (κ2) is 7.24. The first-order chi connectivity index (χ1) is 9.12. The summed E-state index contributed by atoms with van der Waals surface area (Å²) in [5, 5.41) is 3.36. The van der Waals surface area contributed by atoms with Crippen molar-refractivity contribution in [3.63, 3.8) is 0 Å². The smallest absolute Gasteiger partial charge is 0.131 e. The number of rotatable bonds is 7. The van der Waals surface area contributed by atoms with Gasteiger partial charge in [-0.25, -0.2) is 0 Å². The maximum Gasteiger partial charge on any atom is 0.131 e. The lowest BCUT2D eigenvalue weighted by Crippen LogP contribution is -2.24. The molecule has 0 amide bonds. The normalized spacial score (nSPS) is 13.8. The summed E-state index contributed by atoms with van der Waals surface area (Å²) in [6.07, 6.45) is 1.07. The third-order valence-electron chi connectivity index (χ3n) is 3.59. The minimum absolute atomic E-state index is 0.181. The molecule has 4 heteroatoms. The van der Waals surface area contributed by atoms with Gasteiger partial charge in [-0.1, -0.05) is 20.3 Å². The SMILES string of the molecule is CCC(C)C(NC)c1c(OC)cc(OC)cc1OC. The van der Waals surface area contributed by atoms with E-state index in [4.69, 9.17) is 14.2 Å². The van der Waals surface area contributed by atoms with Crippen LogP contribution in [0.4, 0.5) is 0 Å². The minimum Gasteiger partial charge on any atom is -0.496 e. The van der Waals surface area contributed by atoms with E-state index in [1.54, 1.807) is 21.3 Å². The van der Waals surface area contributed by atoms with Crippen LogP contribution in [-0.2, 0) is 0 Å². The highest BCUT2D eigenvalue weighted by atomic mass is 16.5. The molecule has 0 spiro atoms. The topological polar surface area (TPSA) is 39.7 Å². The third-order valence-corrected chi connectivity index (χ3v) is 3.59. The molecule has 0 aliphatic rings. The molecular formula is C15H25NO3. The second-order valence-electron chi connectivity index (χ2n) is 4.60. The Morgan fingerprint density at radius 3 is 1.89 bits per heavy atom. The first-order valence-corrected chi connectivity index (χ1v) is 6.60. The average molecular weight is 267 g/mol. The Hall–Kier alpha value is -1.42. The highest BCUT2D eigenvalue weighted by Crippen LogP contribution is 2.41. The van der Waals surface area contributed by atoms with Crippen molar-refractivity contribution in [1.82, 2.24) is 5.32 Å². The summed E-state index contributed by atoms with van der Waals surface area (Å²) in [6.45, 7) is 4.39. The van der Waals surface area contributed by atoms with Gasteiger partial charge in [-0.05, 0) is 13.0 Å². The number of hydrogen-bond donors (Lipinski definition) is 1. The Balaban J connectivity index is 3.37. The molecule has 1 aromatic carbocycles. The monoisotopic (exact) mass is 267 g/mol. The van der Waals surface area contributed by atoms with Crippen LogP contribution in [0, 0.1) is 5.92 Å². The van der Waals surface area contributed by atoms with Crippen LogP contribution in [0.25, 0.3) is 0 Å². The molecule has 0 aromatic heterocycles. The summed E-state index contributed by atoms with van der Waals surface area (Å²) >= 11 is 0. The van der Waals surface area contributed by atoms with Crippen LogP contribution < -0.4 is 19.5 Å². The largest absolute Gasteiger partial charge is 0.496 e. The van der Waals surface area contributed by atoms with Crippen LogP contribution in [-0.4, -0.2) is 28.4 Å². The molecule has 108 valence electrons. The molecule has 0 aliphatic carbocycles. The van der Waals surface area contributed by atoms with E-state index >= 15 is 0 Å². The molecule has 1 N–H and O–H groups in total.